The van der Waals surface area contributed by atoms with Crippen LogP contribution in [0.3, 0.4) is 0 Å². The van der Waals surface area contributed by atoms with Crippen LogP contribution in [0.5, 0.6) is 11.5 Å². The lowest BCUT2D eigenvalue weighted by atomic mass is 10.2. The molecule has 132 valence electrons. The standard InChI is InChI=1S/C18H22N4O3/c23-18(20-13-5-1-2-6-13)21-14-9-19-22(10-14)11-15-12-24-16-7-3-4-8-17(16)25-15/h3-4,7-10,13,15H,1-2,5-6,11-12H2,(H2,20,21,23)/t15-/m0/s1. The highest BCUT2D eigenvalue weighted by molar-refractivity contribution is 5.89. The summed E-state index contributed by atoms with van der Waals surface area (Å²) in [5.41, 5.74) is 0.674. The van der Waals surface area contributed by atoms with Crippen LogP contribution in [0.1, 0.15) is 25.7 Å². The number of nitrogens with zero attached hydrogens (tertiary/aromatic N) is 2. The highest BCUT2D eigenvalue weighted by Gasteiger charge is 2.21. The number of carbonyl (C=O) groups is 1. The van der Waals surface area contributed by atoms with Crippen molar-refractivity contribution in [2.45, 2.75) is 44.4 Å². The van der Waals surface area contributed by atoms with Crippen LogP contribution in [0, 0.1) is 0 Å². The fraction of sp³-hybridized carbons (Fsp3) is 0.444. The molecule has 1 aliphatic carbocycles. The molecule has 7 nitrogen and oxygen atoms in total. The maximum absolute atomic E-state index is 12.0. The number of amides is 2. The number of hydrogen-bond donors (Lipinski definition) is 2. The first kappa shape index (κ1) is 15.8. The topological polar surface area (TPSA) is 77.4 Å². The molecule has 1 atom stereocenters. The molecule has 0 saturated heterocycles. The molecule has 0 bridgehead atoms. The van der Waals surface area contributed by atoms with Gasteiger partial charge in [0.15, 0.2) is 17.6 Å². The Morgan fingerprint density at radius 2 is 2.04 bits per heavy atom. The molecule has 1 aromatic heterocycles. The van der Waals surface area contributed by atoms with Gasteiger partial charge >= 0.3 is 6.03 Å². The Hall–Kier alpha value is -2.70. The Morgan fingerprint density at radius 1 is 1.24 bits per heavy atom. The number of rotatable bonds is 4. The van der Waals surface area contributed by atoms with Gasteiger partial charge in [-0.3, -0.25) is 4.68 Å². The number of benzene rings is 1. The van der Waals surface area contributed by atoms with Crippen LogP contribution in [-0.2, 0) is 6.54 Å². The summed E-state index contributed by atoms with van der Waals surface area (Å²) in [5.74, 6) is 1.52. The van der Waals surface area contributed by atoms with E-state index in [1.807, 2.05) is 24.3 Å². The summed E-state index contributed by atoms with van der Waals surface area (Å²) in [6, 6.07) is 7.75. The van der Waals surface area contributed by atoms with Crippen molar-refractivity contribution in [3.05, 3.63) is 36.7 Å². The van der Waals surface area contributed by atoms with Crippen LogP contribution < -0.4 is 20.1 Å². The molecule has 2 amide bonds. The van der Waals surface area contributed by atoms with E-state index in [1.165, 1.54) is 12.8 Å². The van der Waals surface area contributed by atoms with E-state index in [2.05, 4.69) is 15.7 Å². The molecule has 0 radical (unpaired) electrons. The first-order chi connectivity index (χ1) is 12.3. The van der Waals surface area contributed by atoms with Crippen LogP contribution >= 0.6 is 0 Å². The van der Waals surface area contributed by atoms with Crippen molar-refractivity contribution in [1.82, 2.24) is 15.1 Å². The molecular formula is C18H22N4O3. The van der Waals surface area contributed by atoms with E-state index in [1.54, 1.807) is 17.1 Å². The second-order valence-corrected chi connectivity index (χ2v) is 6.53. The van der Waals surface area contributed by atoms with Crippen molar-refractivity contribution < 1.29 is 14.3 Å². The van der Waals surface area contributed by atoms with Gasteiger partial charge in [-0.05, 0) is 25.0 Å². The van der Waals surface area contributed by atoms with Gasteiger partial charge in [0.25, 0.3) is 0 Å². The zero-order valence-corrected chi connectivity index (χ0v) is 14.0. The number of nitrogens with one attached hydrogen (secondary N) is 2. The van der Waals surface area contributed by atoms with E-state index in [9.17, 15) is 4.79 Å². The van der Waals surface area contributed by atoms with Gasteiger partial charge in [-0.15, -0.1) is 0 Å². The fourth-order valence-electron chi connectivity index (χ4n) is 3.31. The summed E-state index contributed by atoms with van der Waals surface area (Å²) in [5, 5.41) is 10.1. The normalized spacial score (nSPS) is 19.6. The van der Waals surface area contributed by atoms with Gasteiger partial charge in [0.05, 0.1) is 18.4 Å². The zero-order valence-electron chi connectivity index (χ0n) is 14.0. The predicted molar refractivity (Wildman–Crippen MR) is 93.0 cm³/mol. The van der Waals surface area contributed by atoms with Crippen molar-refractivity contribution >= 4 is 11.7 Å². The van der Waals surface area contributed by atoms with E-state index in [4.69, 9.17) is 9.47 Å². The second kappa shape index (κ2) is 7.04. The zero-order chi connectivity index (χ0) is 17.1. The van der Waals surface area contributed by atoms with Gasteiger partial charge in [0.2, 0.25) is 0 Å². The molecule has 0 unspecified atom stereocenters. The van der Waals surface area contributed by atoms with E-state index >= 15 is 0 Å². The SMILES string of the molecule is O=C(Nc1cnn(C[C@H]2COc3ccccc3O2)c1)NC1CCCC1. The molecule has 1 aliphatic heterocycles. The third kappa shape index (κ3) is 3.87. The Labute approximate surface area is 146 Å². The van der Waals surface area contributed by atoms with Crippen molar-refractivity contribution in [2.75, 3.05) is 11.9 Å². The number of ether oxygens (including phenoxy) is 2. The summed E-state index contributed by atoms with van der Waals surface area (Å²) in [7, 11) is 0. The van der Waals surface area contributed by atoms with Gasteiger partial charge in [-0.25, -0.2) is 4.79 Å². The quantitative estimate of drug-likeness (QED) is 0.896. The minimum atomic E-state index is -0.169. The second-order valence-electron chi connectivity index (χ2n) is 6.53. The smallest absolute Gasteiger partial charge is 0.319 e. The van der Waals surface area contributed by atoms with E-state index in [0.29, 0.717) is 24.9 Å². The molecule has 2 aliphatic rings. The lowest BCUT2D eigenvalue weighted by Crippen LogP contribution is -2.36. The molecule has 2 N–H and O–H groups in total. The number of fused-ring (bicyclic) bond motifs is 1. The van der Waals surface area contributed by atoms with E-state index < -0.39 is 0 Å². The summed E-state index contributed by atoms with van der Waals surface area (Å²) in [6.07, 6.45) is 7.84. The lowest BCUT2D eigenvalue weighted by Gasteiger charge is -2.26. The molecule has 1 aromatic carbocycles. The molecule has 1 fully saturated rings. The largest absolute Gasteiger partial charge is 0.486 e. The highest BCUT2D eigenvalue weighted by Crippen LogP contribution is 2.31. The molecule has 0 spiro atoms. The summed E-state index contributed by atoms with van der Waals surface area (Å²) >= 11 is 0. The van der Waals surface area contributed by atoms with Gasteiger partial charge in [0.1, 0.15) is 6.61 Å². The molecule has 25 heavy (non-hydrogen) atoms. The summed E-state index contributed by atoms with van der Waals surface area (Å²) in [4.78, 5) is 12.0. The first-order valence-electron chi connectivity index (χ1n) is 8.75. The van der Waals surface area contributed by atoms with Gasteiger partial charge in [-0.2, -0.15) is 5.10 Å². The van der Waals surface area contributed by atoms with Gasteiger partial charge in [0, 0.05) is 12.2 Å². The summed E-state index contributed by atoms with van der Waals surface area (Å²) < 4.78 is 13.4. The van der Waals surface area contributed by atoms with Crippen LogP contribution in [0.25, 0.3) is 0 Å². The van der Waals surface area contributed by atoms with Crippen LogP contribution in [-0.4, -0.2) is 34.6 Å². The minimum Gasteiger partial charge on any atom is -0.486 e. The number of para-hydroxylation sites is 2. The monoisotopic (exact) mass is 342 g/mol. The van der Waals surface area contributed by atoms with E-state index in [0.717, 1.165) is 24.3 Å². The van der Waals surface area contributed by atoms with Gasteiger partial charge in [-0.1, -0.05) is 25.0 Å². The third-order valence-corrected chi connectivity index (χ3v) is 4.54. The molecular weight excluding hydrogens is 320 g/mol. The van der Waals surface area contributed by atoms with Crippen LogP contribution in [0.15, 0.2) is 36.7 Å². The van der Waals surface area contributed by atoms with Crippen molar-refractivity contribution in [3.63, 3.8) is 0 Å². The highest BCUT2D eigenvalue weighted by atomic mass is 16.6. The molecule has 1 saturated carbocycles. The van der Waals surface area contributed by atoms with Crippen LogP contribution in [0.2, 0.25) is 0 Å². The molecule has 7 heteroatoms. The van der Waals surface area contributed by atoms with Crippen molar-refractivity contribution in [3.8, 4) is 11.5 Å². The maximum Gasteiger partial charge on any atom is 0.319 e. The minimum absolute atomic E-state index is 0.116. The number of hydrogen-bond acceptors (Lipinski definition) is 4. The fourth-order valence-corrected chi connectivity index (χ4v) is 3.31. The number of urea groups is 1. The predicted octanol–water partition coefficient (Wildman–Crippen LogP) is 2.79. The Morgan fingerprint density at radius 3 is 2.88 bits per heavy atom. The molecule has 2 aromatic rings. The lowest BCUT2D eigenvalue weighted by molar-refractivity contribution is 0.0759. The third-order valence-electron chi connectivity index (χ3n) is 4.54. The van der Waals surface area contributed by atoms with Crippen molar-refractivity contribution in [2.24, 2.45) is 0 Å². The van der Waals surface area contributed by atoms with Crippen LogP contribution in [0.4, 0.5) is 10.5 Å². The Balaban J connectivity index is 1.30. The first-order valence-corrected chi connectivity index (χ1v) is 8.75. The van der Waals surface area contributed by atoms with Gasteiger partial charge < -0.3 is 20.1 Å². The maximum atomic E-state index is 12.0. The average molecular weight is 342 g/mol. The van der Waals surface area contributed by atoms with E-state index in [-0.39, 0.29) is 12.1 Å². The number of aromatic nitrogens is 2. The summed E-state index contributed by atoms with van der Waals surface area (Å²) in [6.45, 7) is 1.03. The number of carbonyl (C=O) groups excluding carboxylic acids is 1. The molecule has 2 heterocycles. The molecule has 4 rings (SSSR count). The Bertz CT molecular complexity index is 739. The number of anilines is 1. The van der Waals surface area contributed by atoms with Crippen molar-refractivity contribution in [1.29, 1.82) is 0 Å². The average Bonchev–Trinajstić information content (AvgIpc) is 3.27. The Kier molecular flexibility index (Phi) is 4.45.